The second-order valence-electron chi connectivity index (χ2n) is 4.27. The summed E-state index contributed by atoms with van der Waals surface area (Å²) in [5, 5.41) is 0.576. The molecule has 1 aromatic carbocycles. The first-order valence-corrected chi connectivity index (χ1v) is 6.75. The van der Waals surface area contributed by atoms with Crippen molar-refractivity contribution in [3.05, 3.63) is 22.7 Å². The van der Waals surface area contributed by atoms with E-state index in [2.05, 4.69) is 0 Å². The lowest BCUT2D eigenvalue weighted by atomic mass is 10.2. The van der Waals surface area contributed by atoms with Crippen molar-refractivity contribution < 1.29 is 9.47 Å². The second kappa shape index (κ2) is 5.83. The van der Waals surface area contributed by atoms with Crippen LogP contribution in [-0.2, 0) is 5.88 Å². The molecule has 0 amide bonds. The van der Waals surface area contributed by atoms with Crippen LogP contribution in [0, 0.1) is 0 Å². The van der Waals surface area contributed by atoms with E-state index in [1.165, 1.54) is 12.8 Å². The molecule has 2 rings (SSSR count). The van der Waals surface area contributed by atoms with Crippen LogP contribution in [0.4, 0.5) is 0 Å². The van der Waals surface area contributed by atoms with Gasteiger partial charge in [0.25, 0.3) is 0 Å². The number of benzene rings is 1. The van der Waals surface area contributed by atoms with Crippen molar-refractivity contribution in [2.24, 2.45) is 0 Å². The summed E-state index contributed by atoms with van der Waals surface area (Å²) in [5.41, 5.74) is 0.937. The lowest BCUT2D eigenvalue weighted by Crippen LogP contribution is -2.12. The fourth-order valence-electron chi connectivity index (χ4n) is 2.14. The topological polar surface area (TPSA) is 18.5 Å². The van der Waals surface area contributed by atoms with E-state index in [-0.39, 0.29) is 6.10 Å². The number of methoxy groups -OCH3 is 1. The zero-order valence-corrected chi connectivity index (χ0v) is 11.4. The minimum absolute atomic E-state index is 0.267. The highest BCUT2D eigenvalue weighted by Gasteiger charge is 2.20. The molecule has 0 saturated heterocycles. The molecule has 1 saturated carbocycles. The average Bonchev–Trinajstić information content (AvgIpc) is 2.84. The van der Waals surface area contributed by atoms with Gasteiger partial charge in [0.1, 0.15) is 0 Å². The van der Waals surface area contributed by atoms with Crippen LogP contribution in [0.1, 0.15) is 31.2 Å². The third-order valence-electron chi connectivity index (χ3n) is 3.03. The van der Waals surface area contributed by atoms with Gasteiger partial charge in [-0.25, -0.2) is 0 Å². The van der Waals surface area contributed by atoms with Crippen molar-refractivity contribution in [3.63, 3.8) is 0 Å². The molecule has 0 bridgehead atoms. The Labute approximate surface area is 112 Å². The van der Waals surface area contributed by atoms with Gasteiger partial charge in [-0.1, -0.05) is 11.6 Å². The maximum Gasteiger partial charge on any atom is 0.180 e. The maximum absolute atomic E-state index is 6.21. The Bertz CT molecular complexity index is 387. The first-order valence-electron chi connectivity index (χ1n) is 5.83. The van der Waals surface area contributed by atoms with Gasteiger partial charge in [0.2, 0.25) is 0 Å². The van der Waals surface area contributed by atoms with Gasteiger partial charge >= 0.3 is 0 Å². The van der Waals surface area contributed by atoms with Crippen LogP contribution >= 0.6 is 23.2 Å². The van der Waals surface area contributed by atoms with Crippen LogP contribution in [0.2, 0.25) is 5.02 Å². The average molecular weight is 275 g/mol. The van der Waals surface area contributed by atoms with E-state index >= 15 is 0 Å². The molecule has 0 radical (unpaired) electrons. The monoisotopic (exact) mass is 274 g/mol. The fourth-order valence-corrected chi connectivity index (χ4v) is 2.57. The molecule has 0 spiro atoms. The van der Waals surface area contributed by atoms with Crippen LogP contribution in [0.5, 0.6) is 11.5 Å². The highest BCUT2D eigenvalue weighted by atomic mass is 35.5. The van der Waals surface area contributed by atoms with Crippen molar-refractivity contribution in [3.8, 4) is 11.5 Å². The summed E-state index contributed by atoms with van der Waals surface area (Å²) in [4.78, 5) is 0. The predicted octanol–water partition coefficient (Wildman–Crippen LogP) is 4.41. The quantitative estimate of drug-likeness (QED) is 0.758. The molecule has 17 heavy (non-hydrogen) atoms. The van der Waals surface area contributed by atoms with Gasteiger partial charge in [0.15, 0.2) is 11.5 Å². The third kappa shape index (κ3) is 2.99. The van der Waals surface area contributed by atoms with Crippen LogP contribution in [-0.4, -0.2) is 13.2 Å². The summed E-state index contributed by atoms with van der Waals surface area (Å²) in [6.07, 6.45) is 4.91. The molecule has 0 atom stereocenters. The van der Waals surface area contributed by atoms with E-state index in [9.17, 15) is 0 Å². The Balaban J connectivity index is 2.24. The van der Waals surface area contributed by atoms with Crippen molar-refractivity contribution >= 4 is 23.2 Å². The van der Waals surface area contributed by atoms with Gasteiger partial charge in [0.05, 0.1) is 18.2 Å². The number of alkyl halides is 1. The van der Waals surface area contributed by atoms with Crippen LogP contribution in [0.15, 0.2) is 12.1 Å². The Hall–Kier alpha value is -0.600. The molecule has 0 aliphatic heterocycles. The minimum atomic E-state index is 0.267. The SMILES string of the molecule is COc1cc(CCl)cc(Cl)c1OC1CCCC1. The molecule has 0 unspecified atom stereocenters. The largest absolute Gasteiger partial charge is 0.493 e. The minimum Gasteiger partial charge on any atom is -0.493 e. The summed E-state index contributed by atoms with van der Waals surface area (Å²) in [5.74, 6) is 1.73. The fraction of sp³-hybridized carbons (Fsp3) is 0.538. The molecule has 4 heteroatoms. The summed E-state index contributed by atoms with van der Waals surface area (Å²) in [6, 6.07) is 3.71. The number of halogens is 2. The van der Waals surface area contributed by atoms with Crippen molar-refractivity contribution in [1.82, 2.24) is 0 Å². The lowest BCUT2D eigenvalue weighted by molar-refractivity contribution is 0.201. The summed E-state index contributed by atoms with van der Waals surface area (Å²) in [6.45, 7) is 0. The predicted molar refractivity (Wildman–Crippen MR) is 70.4 cm³/mol. The number of rotatable bonds is 4. The number of ether oxygens (including phenoxy) is 2. The van der Waals surface area contributed by atoms with E-state index in [0.717, 1.165) is 18.4 Å². The summed E-state index contributed by atoms with van der Waals surface area (Å²) < 4.78 is 11.2. The van der Waals surface area contributed by atoms with Gasteiger partial charge in [-0.2, -0.15) is 0 Å². The van der Waals surface area contributed by atoms with Gasteiger partial charge in [-0.05, 0) is 43.4 Å². The van der Waals surface area contributed by atoms with Crippen molar-refractivity contribution in [2.45, 2.75) is 37.7 Å². The van der Waals surface area contributed by atoms with Gasteiger partial charge in [-0.15, -0.1) is 11.6 Å². The molecule has 2 nitrogen and oxygen atoms in total. The Morgan fingerprint density at radius 3 is 2.59 bits per heavy atom. The van der Waals surface area contributed by atoms with E-state index in [4.69, 9.17) is 32.7 Å². The molecule has 0 N–H and O–H groups in total. The molecule has 1 aromatic rings. The van der Waals surface area contributed by atoms with Gasteiger partial charge < -0.3 is 9.47 Å². The molecule has 0 aromatic heterocycles. The summed E-state index contributed by atoms with van der Waals surface area (Å²) in [7, 11) is 1.62. The molecule has 1 aliphatic rings. The maximum atomic E-state index is 6.21. The number of hydrogen-bond acceptors (Lipinski definition) is 2. The molecule has 94 valence electrons. The van der Waals surface area contributed by atoms with Crippen LogP contribution < -0.4 is 9.47 Å². The van der Waals surface area contributed by atoms with Crippen LogP contribution in [0.25, 0.3) is 0 Å². The molecule has 1 fully saturated rings. The molecule has 1 aliphatic carbocycles. The molecular formula is C13H16Cl2O2. The smallest absolute Gasteiger partial charge is 0.180 e. The Morgan fingerprint density at radius 1 is 1.29 bits per heavy atom. The zero-order valence-electron chi connectivity index (χ0n) is 9.84. The first-order chi connectivity index (χ1) is 8.24. The number of hydrogen-bond donors (Lipinski definition) is 0. The molecule has 0 heterocycles. The van der Waals surface area contributed by atoms with Gasteiger partial charge in [-0.3, -0.25) is 0 Å². The third-order valence-corrected chi connectivity index (χ3v) is 3.62. The normalized spacial score (nSPS) is 16.2. The Kier molecular flexibility index (Phi) is 4.41. The lowest BCUT2D eigenvalue weighted by Gasteiger charge is -2.17. The standard InChI is InChI=1S/C13H16Cl2O2/c1-16-12-7-9(8-14)6-11(15)13(12)17-10-4-2-3-5-10/h6-7,10H,2-5,8H2,1H3. The van der Waals surface area contributed by atoms with Crippen LogP contribution in [0.3, 0.4) is 0 Å². The second-order valence-corrected chi connectivity index (χ2v) is 4.94. The van der Waals surface area contributed by atoms with E-state index < -0.39 is 0 Å². The highest BCUT2D eigenvalue weighted by Crippen LogP contribution is 2.39. The van der Waals surface area contributed by atoms with E-state index in [0.29, 0.717) is 22.4 Å². The summed E-state index contributed by atoms with van der Waals surface area (Å²) >= 11 is 12.0. The van der Waals surface area contributed by atoms with E-state index in [1.807, 2.05) is 12.1 Å². The Morgan fingerprint density at radius 2 is 2.00 bits per heavy atom. The zero-order chi connectivity index (χ0) is 12.3. The van der Waals surface area contributed by atoms with E-state index in [1.54, 1.807) is 7.11 Å². The van der Waals surface area contributed by atoms with Crippen molar-refractivity contribution in [2.75, 3.05) is 7.11 Å². The molecular weight excluding hydrogens is 259 g/mol. The highest BCUT2D eigenvalue weighted by molar-refractivity contribution is 6.32. The van der Waals surface area contributed by atoms with Crippen molar-refractivity contribution in [1.29, 1.82) is 0 Å². The first kappa shape index (κ1) is 12.8. The van der Waals surface area contributed by atoms with Gasteiger partial charge in [0, 0.05) is 5.88 Å².